The molecule has 3 N–H and O–H groups in total. The molecule has 1 aromatic heterocycles. The van der Waals surface area contributed by atoms with Gasteiger partial charge in [0.05, 0.1) is 0 Å². The second-order valence-electron chi connectivity index (χ2n) is 4.56. The highest BCUT2D eigenvalue weighted by Crippen LogP contribution is 2.10. The van der Waals surface area contributed by atoms with E-state index in [0.29, 0.717) is 12.5 Å². The molecule has 0 saturated heterocycles. The van der Waals surface area contributed by atoms with Crippen LogP contribution in [0.2, 0.25) is 0 Å². The maximum Gasteiger partial charge on any atom is 0.193 e. The van der Waals surface area contributed by atoms with Crippen molar-refractivity contribution in [2.24, 2.45) is 10.7 Å². The molecule has 0 radical (unpaired) electrons. The Morgan fingerprint density at radius 1 is 1.25 bits per heavy atom. The number of nitrogens with zero attached hydrogens (tertiary/aromatic N) is 2. The van der Waals surface area contributed by atoms with Gasteiger partial charge in [0.2, 0.25) is 0 Å². The predicted molar refractivity (Wildman–Crippen MR) is 83.9 cm³/mol. The molecule has 20 heavy (non-hydrogen) atoms. The van der Waals surface area contributed by atoms with Crippen LogP contribution in [0.5, 0.6) is 0 Å². The van der Waals surface area contributed by atoms with Crippen LogP contribution in [-0.2, 0) is 12.8 Å². The number of aromatic nitrogens is 1. The van der Waals surface area contributed by atoms with Crippen molar-refractivity contribution in [3.63, 3.8) is 0 Å². The first-order chi connectivity index (χ1) is 9.78. The van der Waals surface area contributed by atoms with Crippen molar-refractivity contribution >= 4 is 11.6 Å². The number of hydrogen-bond acceptors (Lipinski definition) is 2. The zero-order chi connectivity index (χ0) is 14.2. The molecular formula is C16H20N4. The van der Waals surface area contributed by atoms with E-state index in [4.69, 9.17) is 5.73 Å². The highest BCUT2D eigenvalue weighted by atomic mass is 15.1. The van der Waals surface area contributed by atoms with Crippen LogP contribution in [0.3, 0.4) is 0 Å². The lowest BCUT2D eigenvalue weighted by Crippen LogP contribution is -2.23. The van der Waals surface area contributed by atoms with Crippen molar-refractivity contribution in [3.8, 4) is 0 Å². The van der Waals surface area contributed by atoms with E-state index < -0.39 is 0 Å². The van der Waals surface area contributed by atoms with Gasteiger partial charge in [-0.1, -0.05) is 25.1 Å². The van der Waals surface area contributed by atoms with Crippen LogP contribution in [0.15, 0.2) is 53.8 Å². The quantitative estimate of drug-likeness (QED) is 0.647. The van der Waals surface area contributed by atoms with E-state index in [1.807, 2.05) is 30.5 Å². The summed E-state index contributed by atoms with van der Waals surface area (Å²) in [5, 5.41) is 3.12. The molecule has 4 heteroatoms. The van der Waals surface area contributed by atoms with Gasteiger partial charge in [0.25, 0.3) is 0 Å². The van der Waals surface area contributed by atoms with Crippen molar-refractivity contribution < 1.29 is 0 Å². The number of pyridine rings is 1. The number of rotatable bonds is 5. The largest absolute Gasteiger partial charge is 0.370 e. The van der Waals surface area contributed by atoms with Crippen LogP contribution < -0.4 is 11.1 Å². The minimum Gasteiger partial charge on any atom is -0.370 e. The third-order valence-corrected chi connectivity index (χ3v) is 3.01. The summed E-state index contributed by atoms with van der Waals surface area (Å²) in [4.78, 5) is 8.40. The summed E-state index contributed by atoms with van der Waals surface area (Å²) in [6, 6.07) is 12.2. The number of nitrogens with one attached hydrogen (secondary N) is 1. The van der Waals surface area contributed by atoms with Crippen molar-refractivity contribution in [2.75, 3.05) is 11.9 Å². The minimum atomic E-state index is 0.446. The molecule has 0 unspecified atom stereocenters. The molecule has 1 aromatic carbocycles. The van der Waals surface area contributed by atoms with E-state index in [9.17, 15) is 0 Å². The predicted octanol–water partition coefficient (Wildman–Crippen LogP) is 2.61. The lowest BCUT2D eigenvalue weighted by Gasteiger charge is -2.07. The van der Waals surface area contributed by atoms with E-state index in [1.54, 1.807) is 6.20 Å². The first-order valence-corrected chi connectivity index (χ1v) is 6.82. The van der Waals surface area contributed by atoms with Gasteiger partial charge in [-0.3, -0.25) is 9.98 Å². The van der Waals surface area contributed by atoms with Crippen LogP contribution in [0.4, 0.5) is 5.69 Å². The average molecular weight is 268 g/mol. The van der Waals surface area contributed by atoms with Crippen molar-refractivity contribution in [1.82, 2.24) is 4.98 Å². The number of aliphatic imine (C=N–C) groups is 1. The molecule has 0 fully saturated rings. The molecule has 4 nitrogen and oxygen atoms in total. The van der Waals surface area contributed by atoms with Crippen LogP contribution >= 0.6 is 0 Å². The van der Waals surface area contributed by atoms with Crippen molar-refractivity contribution in [2.45, 2.75) is 19.8 Å². The Morgan fingerprint density at radius 3 is 2.85 bits per heavy atom. The van der Waals surface area contributed by atoms with Crippen LogP contribution in [-0.4, -0.2) is 17.5 Å². The van der Waals surface area contributed by atoms with E-state index in [1.165, 1.54) is 5.56 Å². The molecule has 2 rings (SSSR count). The molecule has 0 aliphatic rings. The average Bonchev–Trinajstić information content (AvgIpc) is 2.48. The minimum absolute atomic E-state index is 0.446. The molecule has 0 aliphatic carbocycles. The molecule has 0 saturated carbocycles. The zero-order valence-electron chi connectivity index (χ0n) is 11.7. The van der Waals surface area contributed by atoms with Gasteiger partial charge in [-0.05, 0) is 42.2 Å². The van der Waals surface area contributed by atoms with Crippen molar-refractivity contribution in [3.05, 3.63) is 59.9 Å². The Bertz CT molecular complexity index is 564. The summed E-state index contributed by atoms with van der Waals surface area (Å²) in [5.41, 5.74) is 9.30. The summed E-state index contributed by atoms with van der Waals surface area (Å²) in [7, 11) is 0. The number of nitrogens with two attached hydrogens (primary N) is 1. The summed E-state index contributed by atoms with van der Waals surface area (Å²) in [6.45, 7) is 2.78. The molecule has 0 bridgehead atoms. The molecule has 104 valence electrons. The van der Waals surface area contributed by atoms with E-state index in [2.05, 4.69) is 34.3 Å². The Labute approximate surface area is 119 Å². The van der Waals surface area contributed by atoms with Gasteiger partial charge in [-0.25, -0.2) is 0 Å². The molecule has 0 atom stereocenters. The molecule has 1 heterocycles. The maximum absolute atomic E-state index is 5.88. The van der Waals surface area contributed by atoms with Gasteiger partial charge < -0.3 is 11.1 Å². The SMILES string of the molecule is CCc1cccc(NC(N)=NCCc2cccnc2)c1. The Kier molecular flexibility index (Phi) is 5.12. The lowest BCUT2D eigenvalue weighted by atomic mass is 10.1. The summed E-state index contributed by atoms with van der Waals surface area (Å²) in [5.74, 6) is 0.446. The third kappa shape index (κ3) is 4.39. The standard InChI is InChI=1S/C16H20N4/c1-2-13-5-3-7-15(11-13)20-16(17)19-10-8-14-6-4-9-18-12-14/h3-7,9,11-12H,2,8,10H2,1H3,(H3,17,19,20). The van der Waals surface area contributed by atoms with Gasteiger partial charge in [0.15, 0.2) is 5.96 Å². The smallest absolute Gasteiger partial charge is 0.193 e. The number of benzene rings is 1. The van der Waals surface area contributed by atoms with Gasteiger partial charge >= 0.3 is 0 Å². The molecule has 0 spiro atoms. The summed E-state index contributed by atoms with van der Waals surface area (Å²) in [6.07, 6.45) is 5.46. The molecular weight excluding hydrogens is 248 g/mol. The summed E-state index contributed by atoms with van der Waals surface area (Å²) >= 11 is 0. The van der Waals surface area contributed by atoms with Gasteiger partial charge in [-0.2, -0.15) is 0 Å². The van der Waals surface area contributed by atoms with E-state index in [0.717, 1.165) is 24.1 Å². The van der Waals surface area contributed by atoms with Crippen LogP contribution in [0, 0.1) is 0 Å². The fourth-order valence-corrected chi connectivity index (χ4v) is 1.91. The van der Waals surface area contributed by atoms with E-state index in [-0.39, 0.29) is 0 Å². The normalized spacial score (nSPS) is 11.3. The molecule has 0 amide bonds. The van der Waals surface area contributed by atoms with Crippen LogP contribution in [0.1, 0.15) is 18.1 Å². The monoisotopic (exact) mass is 268 g/mol. The zero-order valence-corrected chi connectivity index (χ0v) is 11.7. The Balaban J connectivity index is 1.87. The Hall–Kier alpha value is -2.36. The number of guanidine groups is 1. The fraction of sp³-hybridized carbons (Fsp3) is 0.250. The van der Waals surface area contributed by atoms with Gasteiger partial charge in [0.1, 0.15) is 0 Å². The maximum atomic E-state index is 5.88. The highest BCUT2D eigenvalue weighted by Gasteiger charge is 1.97. The second kappa shape index (κ2) is 7.28. The third-order valence-electron chi connectivity index (χ3n) is 3.01. The number of anilines is 1. The van der Waals surface area contributed by atoms with Gasteiger partial charge in [0, 0.05) is 24.6 Å². The number of hydrogen-bond donors (Lipinski definition) is 2. The van der Waals surface area contributed by atoms with Crippen molar-refractivity contribution in [1.29, 1.82) is 0 Å². The van der Waals surface area contributed by atoms with E-state index >= 15 is 0 Å². The summed E-state index contributed by atoms with van der Waals surface area (Å²) < 4.78 is 0. The first kappa shape index (κ1) is 14.1. The Morgan fingerprint density at radius 2 is 2.10 bits per heavy atom. The first-order valence-electron chi connectivity index (χ1n) is 6.82. The lowest BCUT2D eigenvalue weighted by molar-refractivity contribution is 0.955. The van der Waals surface area contributed by atoms with Gasteiger partial charge in [-0.15, -0.1) is 0 Å². The second-order valence-corrected chi connectivity index (χ2v) is 4.56. The number of aryl methyl sites for hydroxylation is 1. The highest BCUT2D eigenvalue weighted by molar-refractivity contribution is 5.92. The fourth-order valence-electron chi connectivity index (χ4n) is 1.91. The van der Waals surface area contributed by atoms with Crippen LogP contribution in [0.25, 0.3) is 0 Å². The molecule has 0 aliphatic heterocycles. The topological polar surface area (TPSA) is 63.3 Å². The molecule has 2 aromatic rings.